The Kier molecular flexibility index (Phi) is 6.51. The van der Waals surface area contributed by atoms with E-state index >= 15 is 0 Å². The Morgan fingerprint density at radius 3 is 2.37 bits per heavy atom. The lowest BCUT2D eigenvalue weighted by Crippen LogP contribution is -2.29. The van der Waals surface area contributed by atoms with E-state index in [1.807, 2.05) is 18.3 Å². The van der Waals surface area contributed by atoms with Gasteiger partial charge in [-0.1, -0.05) is 54.0 Å². The molecular weight excluding hydrogens is 516 g/mol. The molecule has 0 spiro atoms. The van der Waals surface area contributed by atoms with Gasteiger partial charge >= 0.3 is 0 Å². The van der Waals surface area contributed by atoms with Gasteiger partial charge in [0.05, 0.1) is 17.8 Å². The molecule has 1 saturated heterocycles. The zero-order valence-electron chi connectivity index (χ0n) is 20.4. The predicted octanol–water partition coefficient (Wildman–Crippen LogP) is 7.55. The van der Waals surface area contributed by atoms with Crippen molar-refractivity contribution in [3.8, 4) is 5.69 Å². The molecule has 2 atom stereocenters. The molecule has 1 aliphatic rings. The van der Waals surface area contributed by atoms with Crippen molar-refractivity contribution < 1.29 is 0 Å². The van der Waals surface area contributed by atoms with Crippen molar-refractivity contribution in [3.63, 3.8) is 0 Å². The number of thiocarbonyl (C=S) groups is 1. The summed E-state index contributed by atoms with van der Waals surface area (Å²) in [5.74, 6) is 0.480. The first-order chi connectivity index (χ1) is 16.8. The van der Waals surface area contributed by atoms with Crippen LogP contribution in [-0.4, -0.2) is 14.7 Å². The average Bonchev–Trinajstić information content (AvgIpc) is 3.34. The molecule has 6 heteroatoms. The number of hydrogen-bond acceptors (Lipinski definition) is 2. The fourth-order valence-corrected chi connectivity index (χ4v) is 5.80. The van der Waals surface area contributed by atoms with E-state index in [-0.39, 0.29) is 12.1 Å². The Bertz CT molecular complexity index is 1360. The molecule has 0 saturated carbocycles. The number of hydrogen-bond donors (Lipinski definition) is 1. The SMILES string of the molecule is Cc1cc([C@@H]2[C@@H](c3ccccn3)NC(=S)N2c2ccc(C(C)C)cc2)c(C)n1-c1cccc(Br)c1. The lowest BCUT2D eigenvalue weighted by molar-refractivity contribution is 0.565. The third-order valence-corrected chi connectivity index (χ3v) is 7.60. The van der Waals surface area contributed by atoms with Gasteiger partial charge in [0.25, 0.3) is 0 Å². The molecule has 1 N–H and O–H groups in total. The largest absolute Gasteiger partial charge is 0.351 e. The smallest absolute Gasteiger partial charge is 0.174 e. The number of anilines is 1. The van der Waals surface area contributed by atoms with E-state index in [2.05, 4.69) is 119 Å². The van der Waals surface area contributed by atoms with Gasteiger partial charge < -0.3 is 14.8 Å². The molecule has 4 nitrogen and oxygen atoms in total. The third kappa shape index (κ3) is 4.41. The molecular formula is C29H29BrN4S. The summed E-state index contributed by atoms with van der Waals surface area (Å²) in [4.78, 5) is 6.96. The van der Waals surface area contributed by atoms with Crippen molar-refractivity contribution in [1.29, 1.82) is 0 Å². The summed E-state index contributed by atoms with van der Waals surface area (Å²) in [6.07, 6.45) is 1.85. The highest BCUT2D eigenvalue weighted by atomic mass is 79.9. The predicted molar refractivity (Wildman–Crippen MR) is 151 cm³/mol. The average molecular weight is 546 g/mol. The molecule has 1 aliphatic heterocycles. The summed E-state index contributed by atoms with van der Waals surface area (Å²) >= 11 is 9.56. The molecule has 1 fully saturated rings. The second kappa shape index (κ2) is 9.59. The Balaban J connectivity index is 1.66. The lowest BCUT2D eigenvalue weighted by atomic mass is 9.96. The molecule has 2 aromatic heterocycles. The first-order valence-electron chi connectivity index (χ1n) is 11.9. The lowest BCUT2D eigenvalue weighted by Gasteiger charge is -2.28. The van der Waals surface area contributed by atoms with Crippen LogP contribution in [0.15, 0.2) is 83.5 Å². The van der Waals surface area contributed by atoms with Crippen LogP contribution in [0.4, 0.5) is 5.69 Å². The summed E-state index contributed by atoms with van der Waals surface area (Å²) < 4.78 is 3.38. The Morgan fingerprint density at radius 1 is 0.943 bits per heavy atom. The van der Waals surface area contributed by atoms with Crippen molar-refractivity contribution in [2.75, 3.05) is 4.90 Å². The van der Waals surface area contributed by atoms with Gasteiger partial charge in [-0.05, 0) is 91.6 Å². The summed E-state index contributed by atoms with van der Waals surface area (Å²) in [6.45, 7) is 8.79. The number of benzene rings is 2. The molecule has 0 bridgehead atoms. The van der Waals surface area contributed by atoms with Crippen molar-refractivity contribution in [2.24, 2.45) is 0 Å². The van der Waals surface area contributed by atoms with Gasteiger partial charge in [0.15, 0.2) is 5.11 Å². The van der Waals surface area contributed by atoms with Crippen molar-refractivity contribution in [2.45, 2.75) is 45.7 Å². The molecule has 0 unspecified atom stereocenters. The quantitative estimate of drug-likeness (QED) is 0.263. The van der Waals surface area contributed by atoms with Gasteiger partial charge in [-0.25, -0.2) is 0 Å². The second-order valence-corrected chi connectivity index (χ2v) is 10.7. The molecule has 3 heterocycles. The molecule has 0 amide bonds. The van der Waals surface area contributed by atoms with E-state index in [1.54, 1.807) is 0 Å². The number of rotatable bonds is 5. The highest BCUT2D eigenvalue weighted by molar-refractivity contribution is 9.10. The Hall–Kier alpha value is -2.96. The Morgan fingerprint density at radius 2 is 1.71 bits per heavy atom. The van der Waals surface area contributed by atoms with Crippen LogP contribution in [0.25, 0.3) is 5.69 Å². The monoisotopic (exact) mass is 544 g/mol. The maximum atomic E-state index is 5.93. The number of aromatic nitrogens is 2. The minimum absolute atomic E-state index is 0.0330. The second-order valence-electron chi connectivity index (χ2n) is 9.38. The molecule has 4 aromatic rings. The van der Waals surface area contributed by atoms with Crippen molar-refractivity contribution >= 4 is 38.9 Å². The van der Waals surface area contributed by atoms with E-state index in [9.17, 15) is 0 Å². The van der Waals surface area contributed by atoms with Gasteiger partial charge in [-0.15, -0.1) is 0 Å². The third-order valence-electron chi connectivity index (χ3n) is 6.79. The zero-order chi connectivity index (χ0) is 24.7. The summed E-state index contributed by atoms with van der Waals surface area (Å²) in [5.41, 5.74) is 8.13. The summed E-state index contributed by atoms with van der Waals surface area (Å²) in [5, 5.41) is 4.31. The minimum Gasteiger partial charge on any atom is -0.351 e. The molecule has 35 heavy (non-hydrogen) atoms. The van der Waals surface area contributed by atoms with Gasteiger partial charge in [-0.2, -0.15) is 0 Å². The summed E-state index contributed by atoms with van der Waals surface area (Å²) in [7, 11) is 0. The van der Waals surface area contributed by atoms with E-state index in [0.717, 1.165) is 26.7 Å². The first kappa shape index (κ1) is 23.8. The normalized spacial score (nSPS) is 17.8. The molecule has 5 rings (SSSR count). The number of nitrogens with one attached hydrogen (secondary N) is 1. The van der Waals surface area contributed by atoms with Crippen LogP contribution in [0.5, 0.6) is 0 Å². The van der Waals surface area contributed by atoms with Crippen molar-refractivity contribution in [1.82, 2.24) is 14.9 Å². The zero-order valence-corrected chi connectivity index (χ0v) is 22.8. The number of halogens is 1. The number of nitrogens with zero attached hydrogens (tertiary/aromatic N) is 3. The van der Waals surface area contributed by atoms with Crippen LogP contribution < -0.4 is 10.2 Å². The van der Waals surface area contributed by atoms with Gasteiger partial charge in [0.1, 0.15) is 0 Å². The van der Waals surface area contributed by atoms with Crippen molar-refractivity contribution in [3.05, 3.63) is 112 Å². The maximum Gasteiger partial charge on any atom is 0.174 e. The number of pyridine rings is 1. The highest BCUT2D eigenvalue weighted by Gasteiger charge is 2.42. The van der Waals surface area contributed by atoms with Crippen LogP contribution in [0.1, 0.15) is 60.1 Å². The molecule has 2 aromatic carbocycles. The number of aryl methyl sites for hydroxylation is 1. The van der Waals surface area contributed by atoms with Crippen LogP contribution in [0.3, 0.4) is 0 Å². The highest BCUT2D eigenvalue weighted by Crippen LogP contribution is 2.44. The van der Waals surface area contributed by atoms with Crippen LogP contribution in [0, 0.1) is 13.8 Å². The van der Waals surface area contributed by atoms with E-state index in [1.165, 1.54) is 22.5 Å². The topological polar surface area (TPSA) is 33.1 Å². The summed E-state index contributed by atoms with van der Waals surface area (Å²) in [6, 6.07) is 25.5. The fraction of sp³-hybridized carbons (Fsp3) is 0.241. The minimum atomic E-state index is -0.0649. The van der Waals surface area contributed by atoms with Crippen LogP contribution in [0.2, 0.25) is 0 Å². The van der Waals surface area contributed by atoms with Crippen LogP contribution in [-0.2, 0) is 0 Å². The fourth-order valence-electron chi connectivity index (χ4n) is 5.07. The first-order valence-corrected chi connectivity index (χ1v) is 13.1. The molecule has 0 radical (unpaired) electrons. The van der Waals surface area contributed by atoms with Crippen LogP contribution >= 0.6 is 28.1 Å². The Labute approximate surface area is 221 Å². The van der Waals surface area contributed by atoms with E-state index in [4.69, 9.17) is 17.2 Å². The van der Waals surface area contributed by atoms with E-state index < -0.39 is 0 Å². The molecule has 178 valence electrons. The molecule has 0 aliphatic carbocycles. The standard InChI is InChI=1S/C29H29BrN4S/c1-18(2)21-11-13-23(14-12-21)34-28(27(32-29(34)35)26-10-5-6-15-31-26)25-16-19(3)33(20(25)4)24-9-7-8-22(30)17-24/h5-18,27-28H,1-4H3,(H,32,35)/t27-,28-/m1/s1. The van der Waals surface area contributed by atoms with Gasteiger partial charge in [0, 0.05) is 33.4 Å². The van der Waals surface area contributed by atoms with E-state index in [0.29, 0.717) is 5.92 Å². The van der Waals surface area contributed by atoms with Gasteiger partial charge in [-0.3, -0.25) is 4.98 Å². The maximum absolute atomic E-state index is 5.93. The van der Waals surface area contributed by atoms with Gasteiger partial charge in [0.2, 0.25) is 0 Å².